The summed E-state index contributed by atoms with van der Waals surface area (Å²) in [6, 6.07) is 0. The van der Waals surface area contributed by atoms with Gasteiger partial charge in [0.05, 0.1) is 6.61 Å². The minimum atomic E-state index is -1.79. The van der Waals surface area contributed by atoms with E-state index in [1.165, 1.54) is 6.92 Å². The molecular formula is C12H22O12. The van der Waals surface area contributed by atoms with Gasteiger partial charge in [0.15, 0.2) is 6.29 Å². The van der Waals surface area contributed by atoms with E-state index in [0.29, 0.717) is 0 Å². The third kappa shape index (κ3) is 15.0. The highest BCUT2D eigenvalue weighted by Gasteiger charge is 2.29. The number of carboxylic acids is 2. The van der Waals surface area contributed by atoms with Crippen LogP contribution in [-0.2, 0) is 19.2 Å². The van der Waals surface area contributed by atoms with Crippen LogP contribution in [0.15, 0.2) is 0 Å². The summed E-state index contributed by atoms with van der Waals surface area (Å²) in [5.41, 5.74) is 0. The molecule has 1 unspecified atom stereocenters. The highest BCUT2D eigenvalue weighted by Crippen LogP contribution is 2.02. The molecule has 5 atom stereocenters. The van der Waals surface area contributed by atoms with Gasteiger partial charge < -0.3 is 45.6 Å². The first kappa shape index (κ1) is 26.9. The standard InChI is InChI=1S/C6H12O6.C3H6O3.C3H4O3/c7-1-3(9)5(11)6(12)4(10)2-8;2*1-2(4)3(5)6/h1,3-6,8-12H,2H2;2,4H,1H3,(H,5,6);1H3,(H,5,6)/t3-,4+,5+,6+;;/m0../s1. The van der Waals surface area contributed by atoms with Crippen molar-refractivity contribution in [2.45, 2.75) is 44.4 Å². The molecule has 8 N–H and O–H groups in total. The first-order valence-corrected chi connectivity index (χ1v) is 6.26. The normalized spacial score (nSPS) is 15.8. The fraction of sp³-hybridized carbons (Fsp3) is 0.667. The molecule has 0 heterocycles. The van der Waals surface area contributed by atoms with E-state index >= 15 is 0 Å². The Morgan fingerprint density at radius 1 is 0.958 bits per heavy atom. The molecule has 142 valence electrons. The third-order valence-electron chi connectivity index (χ3n) is 2.08. The zero-order chi connectivity index (χ0) is 20.0. The first-order chi connectivity index (χ1) is 10.8. The van der Waals surface area contributed by atoms with Crippen LogP contribution in [-0.4, -0.2) is 102 Å². The maximum absolute atomic E-state index is 9.90. The summed E-state index contributed by atoms with van der Waals surface area (Å²) in [5.74, 6) is -3.39. The Morgan fingerprint density at radius 3 is 1.46 bits per heavy atom. The van der Waals surface area contributed by atoms with Crippen LogP contribution >= 0.6 is 0 Å². The molecule has 0 radical (unpaired) electrons. The summed E-state index contributed by atoms with van der Waals surface area (Å²) in [6.07, 6.45) is -8.07. The van der Waals surface area contributed by atoms with Gasteiger partial charge in [-0.2, -0.15) is 0 Å². The number of aldehydes is 1. The molecule has 0 aliphatic rings. The Bertz CT molecular complexity index is 381. The van der Waals surface area contributed by atoms with Crippen molar-refractivity contribution < 1.29 is 60.0 Å². The second kappa shape index (κ2) is 14.6. The van der Waals surface area contributed by atoms with Crippen LogP contribution < -0.4 is 0 Å². The van der Waals surface area contributed by atoms with Crippen LogP contribution in [0.4, 0.5) is 0 Å². The van der Waals surface area contributed by atoms with Crippen LogP contribution in [0.5, 0.6) is 0 Å². The molecule has 0 aromatic heterocycles. The van der Waals surface area contributed by atoms with E-state index < -0.39 is 54.8 Å². The van der Waals surface area contributed by atoms with E-state index in [2.05, 4.69) is 0 Å². The van der Waals surface area contributed by atoms with Crippen molar-refractivity contribution in [1.82, 2.24) is 0 Å². The van der Waals surface area contributed by atoms with Crippen molar-refractivity contribution in [1.29, 1.82) is 0 Å². The van der Waals surface area contributed by atoms with Crippen molar-refractivity contribution in [2.75, 3.05) is 6.61 Å². The number of carboxylic acid groups (broad SMARTS) is 2. The van der Waals surface area contributed by atoms with Crippen molar-refractivity contribution in [3.8, 4) is 0 Å². The minimum Gasteiger partial charge on any atom is -0.479 e. The van der Waals surface area contributed by atoms with Crippen LogP contribution in [0.2, 0.25) is 0 Å². The minimum absolute atomic E-state index is 0.0258. The number of aliphatic hydroxyl groups excluding tert-OH is 6. The second-order valence-electron chi connectivity index (χ2n) is 4.23. The predicted molar refractivity (Wildman–Crippen MR) is 74.8 cm³/mol. The van der Waals surface area contributed by atoms with Gasteiger partial charge in [-0.1, -0.05) is 0 Å². The van der Waals surface area contributed by atoms with E-state index in [-0.39, 0.29) is 6.29 Å². The molecule has 0 saturated heterocycles. The molecule has 0 amide bonds. The highest BCUT2D eigenvalue weighted by atomic mass is 16.4. The monoisotopic (exact) mass is 358 g/mol. The number of ketones is 1. The van der Waals surface area contributed by atoms with E-state index in [4.69, 9.17) is 40.9 Å². The molecule has 0 rings (SSSR count). The molecule has 0 aromatic carbocycles. The van der Waals surface area contributed by atoms with Gasteiger partial charge in [-0.25, -0.2) is 9.59 Å². The van der Waals surface area contributed by atoms with Crippen LogP contribution in [0.3, 0.4) is 0 Å². The van der Waals surface area contributed by atoms with Gasteiger partial charge in [0.2, 0.25) is 5.78 Å². The Labute approximate surface area is 136 Å². The average Bonchev–Trinajstić information content (AvgIpc) is 2.52. The molecule has 0 spiro atoms. The van der Waals surface area contributed by atoms with Crippen molar-refractivity contribution in [3.63, 3.8) is 0 Å². The molecular weight excluding hydrogens is 336 g/mol. The number of carbonyl (C=O) groups excluding carboxylic acids is 2. The molecule has 0 aromatic rings. The lowest BCUT2D eigenvalue weighted by Gasteiger charge is -2.22. The van der Waals surface area contributed by atoms with Crippen LogP contribution in [0.25, 0.3) is 0 Å². The number of hydrogen-bond donors (Lipinski definition) is 8. The van der Waals surface area contributed by atoms with Gasteiger partial charge in [-0.3, -0.25) is 4.79 Å². The summed E-state index contributed by atoms with van der Waals surface area (Å²) in [6.45, 7) is 1.44. The topological polar surface area (TPSA) is 230 Å². The largest absolute Gasteiger partial charge is 0.479 e. The van der Waals surface area contributed by atoms with Gasteiger partial charge in [0, 0.05) is 6.92 Å². The van der Waals surface area contributed by atoms with E-state index in [1.807, 2.05) is 0 Å². The van der Waals surface area contributed by atoms with E-state index in [0.717, 1.165) is 6.92 Å². The lowest BCUT2D eigenvalue weighted by molar-refractivity contribution is -0.148. The summed E-state index contributed by atoms with van der Waals surface area (Å²) >= 11 is 0. The lowest BCUT2D eigenvalue weighted by Crippen LogP contribution is -2.46. The van der Waals surface area contributed by atoms with Crippen molar-refractivity contribution >= 4 is 24.0 Å². The molecule has 0 fully saturated rings. The van der Waals surface area contributed by atoms with Gasteiger partial charge in [0.1, 0.15) is 30.5 Å². The molecule has 0 aliphatic heterocycles. The molecule has 24 heavy (non-hydrogen) atoms. The number of aliphatic carboxylic acids is 2. The fourth-order valence-electron chi connectivity index (χ4n) is 0.618. The smallest absolute Gasteiger partial charge is 0.371 e. The van der Waals surface area contributed by atoms with Gasteiger partial charge in [0.25, 0.3) is 0 Å². The molecule has 12 heteroatoms. The number of Topliss-reactive ketones (excluding diaryl/α,β-unsaturated/α-hetero) is 1. The quantitative estimate of drug-likeness (QED) is 0.160. The zero-order valence-electron chi connectivity index (χ0n) is 12.9. The molecule has 0 saturated carbocycles. The number of rotatable bonds is 7. The number of carbonyl (C=O) groups is 4. The third-order valence-corrected chi connectivity index (χ3v) is 2.08. The summed E-state index contributed by atoms with van der Waals surface area (Å²) < 4.78 is 0. The Balaban J connectivity index is -0.000000309. The summed E-state index contributed by atoms with van der Waals surface area (Å²) in [7, 11) is 0. The van der Waals surface area contributed by atoms with Gasteiger partial charge in [-0.15, -0.1) is 0 Å². The maximum atomic E-state index is 9.90. The molecule has 0 aliphatic carbocycles. The Kier molecular flexibility index (Phi) is 16.4. The number of hydrogen-bond acceptors (Lipinski definition) is 10. The van der Waals surface area contributed by atoms with Crippen molar-refractivity contribution in [2.24, 2.45) is 0 Å². The van der Waals surface area contributed by atoms with E-state index in [9.17, 15) is 19.2 Å². The Morgan fingerprint density at radius 2 is 1.29 bits per heavy atom. The molecule has 12 nitrogen and oxygen atoms in total. The maximum Gasteiger partial charge on any atom is 0.371 e. The van der Waals surface area contributed by atoms with Crippen LogP contribution in [0, 0.1) is 0 Å². The van der Waals surface area contributed by atoms with Gasteiger partial charge >= 0.3 is 11.9 Å². The average molecular weight is 358 g/mol. The predicted octanol–water partition coefficient (Wildman–Crippen LogP) is -4.27. The van der Waals surface area contributed by atoms with Gasteiger partial charge in [-0.05, 0) is 6.92 Å². The Hall–Kier alpha value is -1.96. The highest BCUT2D eigenvalue weighted by molar-refractivity contribution is 6.31. The number of aliphatic hydroxyl groups is 6. The summed E-state index contributed by atoms with van der Waals surface area (Å²) in [4.78, 5) is 38.2. The summed E-state index contributed by atoms with van der Waals surface area (Å²) in [5, 5.41) is 66.9. The van der Waals surface area contributed by atoms with Crippen molar-refractivity contribution in [3.05, 3.63) is 0 Å². The first-order valence-electron chi connectivity index (χ1n) is 6.26. The van der Waals surface area contributed by atoms with E-state index in [1.54, 1.807) is 0 Å². The fourth-order valence-corrected chi connectivity index (χ4v) is 0.618. The molecule has 0 bridgehead atoms. The lowest BCUT2D eigenvalue weighted by atomic mass is 10.0. The second-order valence-corrected chi connectivity index (χ2v) is 4.23. The SMILES string of the molecule is CC(=O)C(=O)O.CC(O)C(=O)O.O=C[C@H](O)[C@@H](O)[C@H](O)[C@H](O)CO. The zero-order valence-corrected chi connectivity index (χ0v) is 12.9. The van der Waals surface area contributed by atoms with Crippen LogP contribution in [0.1, 0.15) is 13.8 Å².